The van der Waals surface area contributed by atoms with E-state index in [1.54, 1.807) is 24.3 Å². The number of halogens is 12. The molecule has 0 spiro atoms. The molecule has 0 aliphatic carbocycles. The predicted octanol–water partition coefficient (Wildman–Crippen LogP) is 13.7. The van der Waals surface area contributed by atoms with Gasteiger partial charge in [0.15, 0.2) is 0 Å². The highest BCUT2D eigenvalue weighted by Crippen LogP contribution is 2.34. The number of alkyl halides is 6. The predicted molar refractivity (Wildman–Crippen MR) is 229 cm³/mol. The Morgan fingerprint density at radius 1 is 0.424 bits per heavy atom. The minimum atomic E-state index is -4.92. The third-order valence-corrected chi connectivity index (χ3v) is 8.68. The zero-order valence-corrected chi connectivity index (χ0v) is 35.3. The van der Waals surface area contributed by atoms with E-state index in [4.69, 9.17) is 0 Å². The van der Waals surface area contributed by atoms with Crippen molar-refractivity contribution >= 4 is 73.9 Å². The number of carbonyl (C=O) groups is 4. The van der Waals surface area contributed by atoms with Crippen LogP contribution in [0.5, 0.6) is 0 Å². The van der Waals surface area contributed by atoms with Crippen LogP contribution in [0, 0.1) is 29.1 Å². The molecule has 6 amide bonds. The van der Waals surface area contributed by atoms with Crippen LogP contribution in [0.3, 0.4) is 0 Å². The Hall–Kier alpha value is -7.49. The maximum Gasteiger partial charge on any atom is 0.416 e. The Morgan fingerprint density at radius 3 is 1.42 bits per heavy atom. The second-order valence-electron chi connectivity index (χ2n) is 12.9. The number of benzene rings is 6. The molecule has 0 saturated carbocycles. The lowest BCUT2D eigenvalue weighted by Crippen LogP contribution is -2.21. The Kier molecular flexibility index (Phi) is 17.4. The maximum absolute atomic E-state index is 13.8. The van der Waals surface area contributed by atoms with Crippen LogP contribution in [-0.2, 0) is 12.4 Å². The van der Waals surface area contributed by atoms with Gasteiger partial charge in [0.25, 0.3) is 11.8 Å². The second-order valence-corrected chi connectivity index (χ2v) is 13.8. The van der Waals surface area contributed by atoms with Crippen LogP contribution in [0.2, 0.25) is 0 Å². The lowest BCUT2D eigenvalue weighted by Gasteiger charge is -2.15. The van der Waals surface area contributed by atoms with Gasteiger partial charge in [0.2, 0.25) is 0 Å². The maximum atomic E-state index is 13.8. The largest absolute Gasteiger partial charge is 0.416 e. The number of rotatable bonds is 8. The van der Waals surface area contributed by atoms with Crippen molar-refractivity contribution in [2.45, 2.75) is 26.2 Å². The van der Waals surface area contributed by atoms with Crippen molar-refractivity contribution in [1.29, 1.82) is 0 Å². The number of hydrogen-bond acceptors (Lipinski definition) is 4. The van der Waals surface area contributed by atoms with Gasteiger partial charge < -0.3 is 31.9 Å². The highest BCUT2D eigenvalue weighted by molar-refractivity contribution is 9.10. The van der Waals surface area contributed by atoms with Crippen molar-refractivity contribution in [3.05, 3.63) is 177 Å². The smallest absolute Gasteiger partial charge is 0.322 e. The van der Waals surface area contributed by atoms with Gasteiger partial charge in [-0.05, 0) is 103 Å². The molecule has 0 heterocycles. The average Bonchev–Trinajstić information content (AvgIpc) is 3.23. The van der Waals surface area contributed by atoms with Gasteiger partial charge in [-0.2, -0.15) is 26.3 Å². The summed E-state index contributed by atoms with van der Waals surface area (Å²) in [7, 11) is 0. The van der Waals surface area contributed by atoms with E-state index in [-0.39, 0.29) is 17.1 Å². The van der Waals surface area contributed by atoms with Crippen LogP contribution in [0.1, 0.15) is 45.7 Å². The molecule has 0 saturated heterocycles. The summed E-state index contributed by atoms with van der Waals surface area (Å²) in [6.45, 7) is 4.00. The summed E-state index contributed by atoms with van der Waals surface area (Å²) >= 11 is 3.28. The SMILES string of the molecule is CC.O=C(Nc1ccc(Br)cc1)Nc1cc(F)ccc1NC(=O)c1ccc(F)cc1F.O=C(Nc1cccc(C(F)(F)F)c1)Nc1cc(NC(=O)c2ccc(F)cc2F)cc(C(F)(F)F)c1. The Morgan fingerprint density at radius 2 is 0.879 bits per heavy atom. The molecular formula is C44H32BrF11N6O4. The minimum absolute atomic E-state index is 0.0334. The number of anilines is 6. The molecule has 10 nitrogen and oxygen atoms in total. The highest BCUT2D eigenvalue weighted by Gasteiger charge is 2.32. The monoisotopic (exact) mass is 996 g/mol. The second kappa shape index (κ2) is 22.4. The fourth-order valence-corrected chi connectivity index (χ4v) is 5.55. The standard InChI is InChI=1S/C22H13F8N3O2.C20H13BrF3N3O2.C2H6/c23-13-4-5-17(18(24)9-13)19(34)31-15-7-12(22(28,29)30)8-16(10-15)33-20(35)32-14-3-1-2-11(6-14)21(25,26)27;21-11-1-5-14(6-2-11)25-20(29)27-18-10-13(23)4-8-17(18)26-19(28)15-7-3-12(22)9-16(15)24;1-2/h1-10H,(H,31,34)(H2,32,33,35);1-10H,(H,26,28)(H2,25,27,29);1-2H3. The van der Waals surface area contributed by atoms with Gasteiger partial charge in [-0.25, -0.2) is 31.5 Å². The van der Waals surface area contributed by atoms with E-state index in [1.807, 2.05) is 24.5 Å². The molecule has 0 aromatic heterocycles. The molecule has 0 unspecified atom stereocenters. The Bertz CT molecular complexity index is 2720. The van der Waals surface area contributed by atoms with E-state index in [2.05, 4.69) is 37.2 Å². The van der Waals surface area contributed by atoms with Crippen LogP contribution >= 0.6 is 15.9 Å². The average molecular weight is 998 g/mol. The van der Waals surface area contributed by atoms with Gasteiger partial charge in [-0.15, -0.1) is 0 Å². The summed E-state index contributed by atoms with van der Waals surface area (Å²) in [4.78, 5) is 48.9. The van der Waals surface area contributed by atoms with Gasteiger partial charge in [-0.3, -0.25) is 9.59 Å². The molecule has 6 rings (SSSR count). The van der Waals surface area contributed by atoms with Gasteiger partial charge in [0, 0.05) is 39.4 Å². The molecule has 6 N–H and O–H groups in total. The summed E-state index contributed by atoms with van der Waals surface area (Å²) in [6.07, 6.45) is -9.61. The van der Waals surface area contributed by atoms with Crippen molar-refractivity contribution in [3.63, 3.8) is 0 Å². The molecular weight excluding hydrogens is 965 g/mol. The highest BCUT2D eigenvalue weighted by atomic mass is 79.9. The first-order valence-electron chi connectivity index (χ1n) is 18.7. The Labute approximate surface area is 375 Å². The number of urea groups is 2. The van der Waals surface area contributed by atoms with E-state index in [9.17, 15) is 67.5 Å². The lowest BCUT2D eigenvalue weighted by molar-refractivity contribution is -0.138. The third-order valence-electron chi connectivity index (χ3n) is 8.16. The van der Waals surface area contributed by atoms with Gasteiger partial charge >= 0.3 is 24.4 Å². The fraction of sp³-hybridized carbons (Fsp3) is 0.0909. The third kappa shape index (κ3) is 15.1. The molecule has 0 aliphatic rings. The number of amides is 6. The van der Waals surface area contributed by atoms with Crippen LogP contribution < -0.4 is 31.9 Å². The van der Waals surface area contributed by atoms with Crippen molar-refractivity contribution in [1.82, 2.24) is 0 Å². The van der Waals surface area contributed by atoms with Crippen LogP contribution in [0.4, 0.5) is 92.0 Å². The van der Waals surface area contributed by atoms with Gasteiger partial charge in [0.1, 0.15) is 29.1 Å². The van der Waals surface area contributed by atoms with E-state index in [1.165, 1.54) is 6.07 Å². The summed E-state index contributed by atoms with van der Waals surface area (Å²) in [5.74, 6) is -6.84. The van der Waals surface area contributed by atoms with Crippen molar-refractivity contribution < 1.29 is 67.5 Å². The number of carbonyl (C=O) groups excluding carboxylic acids is 4. The van der Waals surface area contributed by atoms with Crippen LogP contribution in [0.25, 0.3) is 0 Å². The topological polar surface area (TPSA) is 140 Å². The summed E-state index contributed by atoms with van der Waals surface area (Å²) in [5.41, 5.74) is -4.22. The first-order valence-corrected chi connectivity index (χ1v) is 19.5. The zero-order valence-electron chi connectivity index (χ0n) is 33.7. The molecule has 0 atom stereocenters. The molecule has 0 aliphatic heterocycles. The normalized spacial score (nSPS) is 10.8. The molecule has 6 aromatic carbocycles. The van der Waals surface area contributed by atoms with Gasteiger partial charge in [0.05, 0.1) is 33.6 Å². The summed E-state index contributed by atoms with van der Waals surface area (Å²) in [6, 6.07) is 18.1. The number of hydrogen-bond donors (Lipinski definition) is 6. The molecule has 0 bridgehead atoms. The molecule has 22 heteroatoms. The van der Waals surface area contributed by atoms with E-state index >= 15 is 0 Å². The fourth-order valence-electron chi connectivity index (χ4n) is 5.28. The van der Waals surface area contributed by atoms with Crippen molar-refractivity contribution in [2.24, 2.45) is 0 Å². The van der Waals surface area contributed by atoms with Gasteiger partial charge in [-0.1, -0.05) is 35.8 Å². The summed E-state index contributed by atoms with van der Waals surface area (Å²) < 4.78 is 147. The molecule has 66 heavy (non-hydrogen) atoms. The van der Waals surface area contributed by atoms with Crippen molar-refractivity contribution in [2.75, 3.05) is 31.9 Å². The minimum Gasteiger partial charge on any atom is -0.322 e. The Balaban J connectivity index is 0.000000282. The molecule has 0 radical (unpaired) electrons. The molecule has 6 aromatic rings. The lowest BCUT2D eigenvalue weighted by atomic mass is 10.1. The first-order chi connectivity index (χ1) is 31.0. The quantitative estimate of drug-likeness (QED) is 0.0845. The molecule has 346 valence electrons. The number of nitrogens with one attached hydrogen (secondary N) is 6. The molecule has 0 fully saturated rings. The van der Waals surface area contributed by atoms with E-state index < -0.39 is 98.9 Å². The van der Waals surface area contributed by atoms with Crippen molar-refractivity contribution in [3.8, 4) is 0 Å². The van der Waals surface area contributed by atoms with Crippen LogP contribution in [-0.4, -0.2) is 23.9 Å². The van der Waals surface area contributed by atoms with E-state index in [0.29, 0.717) is 36.0 Å². The first kappa shape index (κ1) is 51.1. The van der Waals surface area contributed by atoms with E-state index in [0.717, 1.165) is 65.1 Å². The summed E-state index contributed by atoms with van der Waals surface area (Å²) in [5, 5.41) is 13.5. The zero-order chi connectivity index (χ0) is 48.9. The van der Waals surface area contributed by atoms with Crippen LogP contribution in [0.15, 0.2) is 126 Å².